The van der Waals surface area contributed by atoms with Crippen molar-refractivity contribution < 1.29 is 19.8 Å². The predicted octanol–water partition coefficient (Wildman–Crippen LogP) is 5.81. The Kier molecular flexibility index (Phi) is 7.07. The molecule has 2 atom stereocenters. The van der Waals surface area contributed by atoms with Crippen LogP contribution >= 0.6 is 11.3 Å². The van der Waals surface area contributed by atoms with Crippen LogP contribution in [0.25, 0.3) is 0 Å². The average Bonchev–Trinajstić information content (AvgIpc) is 3.36. The van der Waals surface area contributed by atoms with Crippen molar-refractivity contribution in [1.82, 2.24) is 0 Å². The van der Waals surface area contributed by atoms with Crippen LogP contribution in [-0.4, -0.2) is 34.2 Å². The summed E-state index contributed by atoms with van der Waals surface area (Å²) in [5, 5.41) is 20.2. The van der Waals surface area contributed by atoms with E-state index in [1.54, 1.807) is 0 Å². The quantitative estimate of drug-likeness (QED) is 0.597. The number of thiophene rings is 1. The van der Waals surface area contributed by atoms with Crippen molar-refractivity contribution in [2.24, 2.45) is 17.8 Å². The predicted molar refractivity (Wildman–Crippen MR) is 124 cm³/mol. The van der Waals surface area contributed by atoms with Gasteiger partial charge in [-0.25, -0.2) is 4.79 Å². The highest BCUT2D eigenvalue weighted by molar-refractivity contribution is 7.14. The van der Waals surface area contributed by atoms with Gasteiger partial charge in [0, 0.05) is 16.8 Å². The van der Waals surface area contributed by atoms with E-state index in [-0.39, 0.29) is 17.9 Å². The van der Waals surface area contributed by atoms with Crippen molar-refractivity contribution in [3.05, 3.63) is 15.8 Å². The van der Waals surface area contributed by atoms with E-state index in [0.29, 0.717) is 35.2 Å². The molecule has 0 aromatic carbocycles. The van der Waals surface area contributed by atoms with Gasteiger partial charge in [0.1, 0.15) is 4.88 Å². The van der Waals surface area contributed by atoms with Gasteiger partial charge in [-0.2, -0.15) is 0 Å². The van der Waals surface area contributed by atoms with E-state index in [1.807, 2.05) is 11.0 Å². The van der Waals surface area contributed by atoms with Crippen LogP contribution < -0.4 is 4.90 Å². The van der Waals surface area contributed by atoms with Gasteiger partial charge in [-0.05, 0) is 81.6 Å². The Balaban J connectivity index is 1.66. The SMILES string of the molecule is CC1CCC(C(=O)N(c2cc(C3CCC(C)CC3)sc2C(=O)O)C2CCC(O)C2)CC1. The van der Waals surface area contributed by atoms with E-state index in [4.69, 9.17) is 0 Å². The van der Waals surface area contributed by atoms with Crippen molar-refractivity contribution in [2.75, 3.05) is 4.90 Å². The Morgan fingerprint density at radius 1 is 0.935 bits per heavy atom. The van der Waals surface area contributed by atoms with Crippen molar-refractivity contribution in [3.63, 3.8) is 0 Å². The smallest absolute Gasteiger partial charge is 0.348 e. The lowest BCUT2D eigenvalue weighted by Crippen LogP contribution is -2.44. The zero-order valence-electron chi connectivity index (χ0n) is 18.9. The van der Waals surface area contributed by atoms with Crippen molar-refractivity contribution in [3.8, 4) is 0 Å². The van der Waals surface area contributed by atoms with Crippen LogP contribution in [0.2, 0.25) is 0 Å². The minimum absolute atomic E-state index is 0.0329. The molecule has 4 rings (SSSR count). The number of hydrogen-bond acceptors (Lipinski definition) is 4. The molecule has 2 N–H and O–H groups in total. The fraction of sp³-hybridized carbons (Fsp3) is 0.760. The normalized spacial score (nSPS) is 33.9. The van der Waals surface area contributed by atoms with Crippen molar-refractivity contribution in [1.29, 1.82) is 0 Å². The van der Waals surface area contributed by atoms with E-state index >= 15 is 0 Å². The zero-order valence-corrected chi connectivity index (χ0v) is 19.7. The minimum atomic E-state index is -0.941. The van der Waals surface area contributed by atoms with Crippen LogP contribution in [0.3, 0.4) is 0 Å². The maximum absolute atomic E-state index is 13.8. The number of nitrogens with zero attached hydrogens (tertiary/aromatic N) is 1. The summed E-state index contributed by atoms with van der Waals surface area (Å²) in [5.41, 5.74) is 0.592. The van der Waals surface area contributed by atoms with Crippen LogP contribution in [-0.2, 0) is 4.79 Å². The molecule has 1 amide bonds. The van der Waals surface area contributed by atoms with Gasteiger partial charge in [-0.15, -0.1) is 11.3 Å². The molecule has 1 heterocycles. The van der Waals surface area contributed by atoms with Gasteiger partial charge in [0.05, 0.1) is 11.8 Å². The molecule has 2 unspecified atom stereocenters. The molecule has 5 nitrogen and oxygen atoms in total. The van der Waals surface area contributed by atoms with Crippen LogP contribution in [0.15, 0.2) is 6.07 Å². The van der Waals surface area contributed by atoms with Crippen LogP contribution in [0.4, 0.5) is 5.69 Å². The number of amides is 1. The highest BCUT2D eigenvalue weighted by Gasteiger charge is 2.39. The number of aliphatic hydroxyl groups excluding tert-OH is 1. The summed E-state index contributed by atoms with van der Waals surface area (Å²) in [6.45, 7) is 4.53. The van der Waals surface area contributed by atoms with Gasteiger partial charge in [0.2, 0.25) is 5.91 Å². The fourth-order valence-corrected chi connectivity index (χ4v) is 7.00. The van der Waals surface area contributed by atoms with Gasteiger partial charge in [-0.1, -0.05) is 26.7 Å². The lowest BCUT2D eigenvalue weighted by Gasteiger charge is -2.34. The molecule has 0 aliphatic heterocycles. The monoisotopic (exact) mass is 447 g/mol. The van der Waals surface area contributed by atoms with E-state index < -0.39 is 12.1 Å². The number of carbonyl (C=O) groups excluding carboxylic acids is 1. The van der Waals surface area contributed by atoms with Gasteiger partial charge in [0.15, 0.2) is 0 Å². The highest BCUT2D eigenvalue weighted by Crippen LogP contribution is 2.44. The van der Waals surface area contributed by atoms with Crippen molar-refractivity contribution >= 4 is 28.9 Å². The molecular weight excluding hydrogens is 410 g/mol. The Hall–Kier alpha value is -1.40. The topological polar surface area (TPSA) is 77.8 Å². The molecule has 0 radical (unpaired) electrons. The Morgan fingerprint density at radius 3 is 2.10 bits per heavy atom. The molecule has 1 aromatic rings. The first-order chi connectivity index (χ1) is 14.8. The summed E-state index contributed by atoms with van der Waals surface area (Å²) < 4.78 is 0. The Labute approximate surface area is 189 Å². The molecule has 3 aliphatic carbocycles. The number of carbonyl (C=O) groups is 2. The lowest BCUT2D eigenvalue weighted by atomic mass is 9.81. The van der Waals surface area contributed by atoms with Crippen LogP contribution in [0.1, 0.15) is 105 Å². The first kappa shape index (κ1) is 22.8. The first-order valence-corrected chi connectivity index (χ1v) is 13.0. The van der Waals surface area contributed by atoms with Gasteiger partial charge in [-0.3, -0.25) is 4.79 Å². The van der Waals surface area contributed by atoms with Gasteiger partial charge in [0.25, 0.3) is 0 Å². The average molecular weight is 448 g/mol. The third kappa shape index (κ3) is 5.00. The summed E-state index contributed by atoms with van der Waals surface area (Å²) in [7, 11) is 0. The third-order valence-corrected chi connectivity index (χ3v) is 9.22. The molecule has 0 spiro atoms. The molecule has 0 saturated heterocycles. The van der Waals surface area contributed by atoms with Crippen molar-refractivity contribution in [2.45, 2.75) is 103 Å². The molecule has 6 heteroatoms. The Bertz CT molecular complexity index is 789. The molecule has 172 valence electrons. The van der Waals surface area contributed by atoms with E-state index in [2.05, 4.69) is 13.8 Å². The van der Waals surface area contributed by atoms with Gasteiger partial charge < -0.3 is 15.1 Å². The van der Waals surface area contributed by atoms with Crippen LogP contribution in [0.5, 0.6) is 0 Å². The number of aliphatic hydroxyl groups is 1. The van der Waals surface area contributed by atoms with Gasteiger partial charge >= 0.3 is 5.97 Å². The minimum Gasteiger partial charge on any atom is -0.477 e. The number of aromatic carboxylic acids is 1. The number of rotatable bonds is 5. The number of carboxylic acid groups (broad SMARTS) is 1. The molecule has 0 bridgehead atoms. The second-order valence-electron chi connectivity index (χ2n) is 10.4. The molecule has 1 aromatic heterocycles. The second kappa shape index (κ2) is 9.62. The third-order valence-electron chi connectivity index (χ3n) is 7.95. The summed E-state index contributed by atoms with van der Waals surface area (Å²) in [4.78, 5) is 29.2. The fourth-order valence-electron chi connectivity index (χ4n) is 5.85. The molecular formula is C25H37NO4S. The van der Waals surface area contributed by atoms with E-state index in [9.17, 15) is 19.8 Å². The molecule has 3 saturated carbocycles. The second-order valence-corrected chi connectivity index (χ2v) is 11.5. The number of hydrogen-bond donors (Lipinski definition) is 2. The maximum atomic E-state index is 13.8. The largest absolute Gasteiger partial charge is 0.477 e. The molecule has 31 heavy (non-hydrogen) atoms. The zero-order chi connectivity index (χ0) is 22.1. The highest BCUT2D eigenvalue weighted by atomic mass is 32.1. The summed E-state index contributed by atoms with van der Waals surface area (Å²) in [5.74, 6) is 0.895. The summed E-state index contributed by atoms with van der Waals surface area (Å²) >= 11 is 1.37. The van der Waals surface area contributed by atoms with Crippen LogP contribution in [0, 0.1) is 17.8 Å². The number of carboxylic acids is 1. The lowest BCUT2D eigenvalue weighted by molar-refractivity contribution is -0.124. The Morgan fingerprint density at radius 2 is 1.55 bits per heavy atom. The first-order valence-electron chi connectivity index (χ1n) is 12.2. The standard InChI is InChI=1S/C25H37NO4S/c1-15-3-7-17(8-4-15)22-14-21(23(31-22)25(29)30)26(19-11-12-20(27)13-19)24(28)18-9-5-16(2)6-10-18/h14-20,27H,3-13H2,1-2H3,(H,29,30). The summed E-state index contributed by atoms with van der Waals surface area (Å²) in [6, 6.07) is 1.91. The molecule has 3 fully saturated rings. The van der Waals surface area contributed by atoms with E-state index in [1.165, 1.54) is 24.2 Å². The maximum Gasteiger partial charge on any atom is 0.348 e. The molecule has 3 aliphatic rings. The van der Waals surface area contributed by atoms with E-state index in [0.717, 1.165) is 55.7 Å². The number of anilines is 1. The summed E-state index contributed by atoms with van der Waals surface area (Å²) in [6.07, 6.45) is 9.97.